The first-order valence-corrected chi connectivity index (χ1v) is 8.27. The number of nitrogens with zero attached hydrogens (tertiary/aromatic N) is 1. The van der Waals surface area contributed by atoms with Crippen LogP contribution in [0.25, 0.3) is 0 Å². The monoisotopic (exact) mass is 326 g/mol. The minimum Gasteiger partial charge on any atom is -0.474 e. The summed E-state index contributed by atoms with van der Waals surface area (Å²) >= 11 is 0. The van der Waals surface area contributed by atoms with Crippen molar-refractivity contribution in [3.63, 3.8) is 0 Å². The van der Waals surface area contributed by atoms with E-state index >= 15 is 0 Å². The first-order valence-electron chi connectivity index (χ1n) is 8.27. The zero-order valence-electron chi connectivity index (χ0n) is 13.7. The molecular formula is C19H22N2O3. The Labute approximate surface area is 141 Å². The minimum atomic E-state index is -0.735. The maximum atomic E-state index is 12.3. The smallest absolute Gasteiger partial charge is 0.251 e. The standard InChI is InChI=1S/C19H22N2O3/c1-13-4-2-5-14(10-13)17(22)12-21-19(23)15-8-9-20-18(11-15)24-16-6-3-7-16/h2,4-5,8-11,16-17,22H,3,6-7,12H2,1H3,(H,21,23). The van der Waals surface area contributed by atoms with Gasteiger partial charge in [0.2, 0.25) is 5.88 Å². The van der Waals surface area contributed by atoms with Gasteiger partial charge in [-0.3, -0.25) is 4.79 Å². The van der Waals surface area contributed by atoms with Gasteiger partial charge in [-0.1, -0.05) is 29.8 Å². The molecule has 1 unspecified atom stereocenters. The highest BCUT2D eigenvalue weighted by atomic mass is 16.5. The van der Waals surface area contributed by atoms with Gasteiger partial charge in [-0.2, -0.15) is 0 Å². The summed E-state index contributed by atoms with van der Waals surface area (Å²) in [6.07, 6.45) is 4.32. The molecule has 1 heterocycles. The topological polar surface area (TPSA) is 71.5 Å². The molecule has 1 fully saturated rings. The number of carbonyl (C=O) groups is 1. The number of aromatic nitrogens is 1. The van der Waals surface area contributed by atoms with Gasteiger partial charge in [0.1, 0.15) is 6.10 Å². The second-order valence-electron chi connectivity index (χ2n) is 6.19. The molecule has 1 aromatic heterocycles. The van der Waals surface area contributed by atoms with Gasteiger partial charge in [0.05, 0.1) is 6.10 Å². The predicted octanol–water partition coefficient (Wildman–Crippen LogP) is 2.78. The Kier molecular flexibility index (Phi) is 5.11. The van der Waals surface area contributed by atoms with E-state index in [1.165, 1.54) is 6.42 Å². The highest BCUT2D eigenvalue weighted by molar-refractivity contribution is 5.94. The number of aliphatic hydroxyl groups excluding tert-OH is 1. The fourth-order valence-electron chi connectivity index (χ4n) is 2.56. The first-order chi connectivity index (χ1) is 11.6. The lowest BCUT2D eigenvalue weighted by Crippen LogP contribution is -2.29. The van der Waals surface area contributed by atoms with E-state index < -0.39 is 6.10 Å². The first kappa shape index (κ1) is 16.5. The summed E-state index contributed by atoms with van der Waals surface area (Å²) < 4.78 is 5.71. The van der Waals surface area contributed by atoms with Gasteiger partial charge < -0.3 is 15.2 Å². The van der Waals surface area contributed by atoms with Crippen LogP contribution in [-0.2, 0) is 0 Å². The lowest BCUT2D eigenvalue weighted by molar-refractivity contribution is 0.0912. The minimum absolute atomic E-state index is 0.156. The van der Waals surface area contributed by atoms with Gasteiger partial charge in [-0.05, 0) is 37.8 Å². The third-order valence-corrected chi connectivity index (χ3v) is 4.22. The maximum Gasteiger partial charge on any atom is 0.251 e. The lowest BCUT2D eigenvalue weighted by Gasteiger charge is -2.25. The summed E-state index contributed by atoms with van der Waals surface area (Å²) in [5, 5.41) is 13.0. The molecule has 1 atom stereocenters. The van der Waals surface area contributed by atoms with Gasteiger partial charge in [0.15, 0.2) is 0 Å². The van der Waals surface area contributed by atoms with E-state index in [1.807, 2.05) is 31.2 Å². The number of rotatable bonds is 6. The number of benzene rings is 1. The van der Waals surface area contributed by atoms with Crippen LogP contribution in [0.1, 0.15) is 46.9 Å². The predicted molar refractivity (Wildman–Crippen MR) is 91.0 cm³/mol. The average Bonchev–Trinajstić information content (AvgIpc) is 2.56. The van der Waals surface area contributed by atoms with Crippen molar-refractivity contribution in [2.24, 2.45) is 0 Å². The quantitative estimate of drug-likeness (QED) is 0.856. The van der Waals surface area contributed by atoms with Crippen molar-refractivity contribution in [2.45, 2.75) is 38.4 Å². The zero-order valence-corrected chi connectivity index (χ0v) is 13.7. The Morgan fingerprint density at radius 3 is 2.92 bits per heavy atom. The molecule has 1 aliphatic rings. The summed E-state index contributed by atoms with van der Waals surface area (Å²) in [5.74, 6) is 0.231. The van der Waals surface area contributed by atoms with Crippen LogP contribution < -0.4 is 10.1 Å². The molecule has 1 aromatic carbocycles. The van der Waals surface area contributed by atoms with E-state index in [0.29, 0.717) is 11.4 Å². The number of hydrogen-bond acceptors (Lipinski definition) is 4. The Morgan fingerprint density at radius 2 is 2.21 bits per heavy atom. The number of aryl methyl sites for hydroxylation is 1. The number of nitrogens with one attached hydrogen (secondary N) is 1. The van der Waals surface area contributed by atoms with E-state index in [9.17, 15) is 9.90 Å². The van der Waals surface area contributed by atoms with Gasteiger partial charge in [0, 0.05) is 24.4 Å². The summed E-state index contributed by atoms with van der Waals surface area (Å²) in [7, 11) is 0. The second kappa shape index (κ2) is 7.45. The molecule has 1 saturated carbocycles. The van der Waals surface area contributed by atoms with Crippen molar-refractivity contribution in [2.75, 3.05) is 6.54 Å². The van der Waals surface area contributed by atoms with Crippen LogP contribution >= 0.6 is 0 Å². The Balaban J connectivity index is 1.57. The van der Waals surface area contributed by atoms with Crippen molar-refractivity contribution >= 4 is 5.91 Å². The molecule has 1 aliphatic carbocycles. The zero-order chi connectivity index (χ0) is 16.9. The second-order valence-corrected chi connectivity index (χ2v) is 6.19. The van der Waals surface area contributed by atoms with Crippen molar-refractivity contribution in [3.05, 3.63) is 59.3 Å². The van der Waals surface area contributed by atoms with E-state index in [2.05, 4.69) is 10.3 Å². The normalized spacial score (nSPS) is 15.4. The number of carbonyl (C=O) groups excluding carboxylic acids is 1. The van der Waals surface area contributed by atoms with Crippen LogP contribution in [0.15, 0.2) is 42.6 Å². The van der Waals surface area contributed by atoms with Crippen LogP contribution in [-0.4, -0.2) is 28.6 Å². The molecule has 5 heteroatoms. The summed E-state index contributed by atoms with van der Waals surface area (Å²) in [4.78, 5) is 16.4. The van der Waals surface area contributed by atoms with Gasteiger partial charge in [0.25, 0.3) is 5.91 Å². The maximum absolute atomic E-state index is 12.3. The van der Waals surface area contributed by atoms with Crippen molar-refractivity contribution in [1.29, 1.82) is 0 Å². The highest BCUT2D eigenvalue weighted by Gasteiger charge is 2.20. The van der Waals surface area contributed by atoms with E-state index in [-0.39, 0.29) is 18.6 Å². The van der Waals surface area contributed by atoms with Crippen LogP contribution in [0, 0.1) is 6.92 Å². The Hall–Kier alpha value is -2.40. The molecule has 2 aromatic rings. The third kappa shape index (κ3) is 4.11. The molecule has 24 heavy (non-hydrogen) atoms. The van der Waals surface area contributed by atoms with Crippen molar-refractivity contribution in [1.82, 2.24) is 10.3 Å². The third-order valence-electron chi connectivity index (χ3n) is 4.22. The average molecular weight is 326 g/mol. The van der Waals surface area contributed by atoms with Gasteiger partial charge in [-0.25, -0.2) is 4.98 Å². The molecule has 126 valence electrons. The summed E-state index contributed by atoms with van der Waals surface area (Å²) in [6, 6.07) is 10.9. The van der Waals surface area contributed by atoms with Gasteiger partial charge in [-0.15, -0.1) is 0 Å². The molecule has 2 N–H and O–H groups in total. The fourth-order valence-corrected chi connectivity index (χ4v) is 2.56. The molecular weight excluding hydrogens is 304 g/mol. The van der Waals surface area contributed by atoms with E-state index in [1.54, 1.807) is 18.3 Å². The Bertz CT molecular complexity index is 713. The van der Waals surface area contributed by atoms with Crippen LogP contribution in [0.3, 0.4) is 0 Å². The van der Waals surface area contributed by atoms with Crippen LogP contribution in [0.4, 0.5) is 0 Å². The molecule has 0 radical (unpaired) electrons. The van der Waals surface area contributed by atoms with Crippen LogP contribution in [0.5, 0.6) is 5.88 Å². The Morgan fingerprint density at radius 1 is 1.38 bits per heavy atom. The molecule has 5 nitrogen and oxygen atoms in total. The van der Waals surface area contributed by atoms with Crippen molar-refractivity contribution < 1.29 is 14.6 Å². The molecule has 3 rings (SSSR count). The number of aliphatic hydroxyl groups is 1. The highest BCUT2D eigenvalue weighted by Crippen LogP contribution is 2.24. The van der Waals surface area contributed by atoms with Gasteiger partial charge >= 0.3 is 0 Å². The molecule has 1 amide bonds. The van der Waals surface area contributed by atoms with Crippen molar-refractivity contribution in [3.8, 4) is 5.88 Å². The number of ether oxygens (including phenoxy) is 1. The SMILES string of the molecule is Cc1cccc(C(O)CNC(=O)c2ccnc(OC3CCC3)c2)c1. The molecule has 0 aliphatic heterocycles. The van der Waals surface area contributed by atoms with E-state index in [0.717, 1.165) is 24.0 Å². The molecule has 0 bridgehead atoms. The van der Waals surface area contributed by atoms with Crippen LogP contribution in [0.2, 0.25) is 0 Å². The summed E-state index contributed by atoms with van der Waals surface area (Å²) in [5.41, 5.74) is 2.35. The number of hydrogen-bond donors (Lipinski definition) is 2. The van der Waals surface area contributed by atoms with E-state index in [4.69, 9.17) is 4.74 Å². The molecule has 0 saturated heterocycles. The number of amides is 1. The lowest BCUT2D eigenvalue weighted by atomic mass is 9.96. The fraction of sp³-hybridized carbons (Fsp3) is 0.368. The largest absolute Gasteiger partial charge is 0.474 e. The summed E-state index contributed by atoms with van der Waals surface area (Å²) in [6.45, 7) is 2.12. The number of pyridine rings is 1. The molecule has 0 spiro atoms.